The number of hydrogen-bond donors (Lipinski definition) is 2. The second-order valence-corrected chi connectivity index (χ2v) is 6.03. The van der Waals surface area contributed by atoms with Crippen LogP contribution >= 0.6 is 0 Å². The summed E-state index contributed by atoms with van der Waals surface area (Å²) in [5, 5.41) is 9.81. The van der Waals surface area contributed by atoms with Crippen LogP contribution in [0, 0.1) is 5.92 Å². The first-order valence-electron chi connectivity index (χ1n) is 6.46. The van der Waals surface area contributed by atoms with Crippen molar-refractivity contribution >= 4 is 5.97 Å². The number of aliphatic hydroxyl groups is 1. The van der Waals surface area contributed by atoms with Crippen LogP contribution in [0.4, 0.5) is 0 Å². The standard InChI is InChI=1S/C13H25NO3/c1-13(2,3)17-12(16)11(15)10(14)8-9-6-4-5-7-9/h9-11,15H,4-8,14H2,1-3H3. The van der Waals surface area contributed by atoms with Crippen molar-refractivity contribution in [3.05, 3.63) is 0 Å². The normalized spacial score (nSPS) is 21.2. The molecule has 2 unspecified atom stereocenters. The fourth-order valence-electron chi connectivity index (χ4n) is 2.30. The predicted molar refractivity (Wildman–Crippen MR) is 66.4 cm³/mol. The molecule has 0 radical (unpaired) electrons. The highest BCUT2D eigenvalue weighted by atomic mass is 16.6. The molecule has 0 saturated heterocycles. The Kier molecular flexibility index (Phi) is 4.95. The minimum Gasteiger partial charge on any atom is -0.458 e. The van der Waals surface area contributed by atoms with E-state index < -0.39 is 23.7 Å². The molecule has 0 aromatic carbocycles. The van der Waals surface area contributed by atoms with Crippen molar-refractivity contribution in [2.75, 3.05) is 0 Å². The zero-order chi connectivity index (χ0) is 13.1. The van der Waals surface area contributed by atoms with Crippen LogP contribution < -0.4 is 5.73 Å². The molecule has 4 nitrogen and oxygen atoms in total. The molecule has 0 heterocycles. The molecule has 1 fully saturated rings. The first kappa shape index (κ1) is 14.5. The summed E-state index contributed by atoms with van der Waals surface area (Å²) in [6.07, 6.45) is 4.30. The van der Waals surface area contributed by atoms with Crippen molar-refractivity contribution in [2.45, 2.75) is 70.6 Å². The van der Waals surface area contributed by atoms with Crippen LogP contribution in [0.1, 0.15) is 52.9 Å². The lowest BCUT2D eigenvalue weighted by Crippen LogP contribution is -2.44. The average molecular weight is 243 g/mol. The number of carbonyl (C=O) groups excluding carboxylic acids is 1. The van der Waals surface area contributed by atoms with Crippen molar-refractivity contribution in [2.24, 2.45) is 11.7 Å². The molecule has 4 heteroatoms. The Morgan fingerprint density at radius 1 is 1.41 bits per heavy atom. The number of aliphatic hydroxyl groups excluding tert-OH is 1. The van der Waals surface area contributed by atoms with Gasteiger partial charge in [0.2, 0.25) is 0 Å². The molecule has 17 heavy (non-hydrogen) atoms. The Morgan fingerprint density at radius 2 is 1.94 bits per heavy atom. The summed E-state index contributed by atoms with van der Waals surface area (Å²) in [4.78, 5) is 11.6. The second kappa shape index (κ2) is 5.83. The molecule has 0 aliphatic heterocycles. The highest BCUT2D eigenvalue weighted by Gasteiger charge is 2.30. The summed E-state index contributed by atoms with van der Waals surface area (Å²) in [6.45, 7) is 5.33. The van der Waals surface area contributed by atoms with Gasteiger partial charge in [-0.05, 0) is 33.1 Å². The molecule has 1 aliphatic rings. The lowest BCUT2D eigenvalue weighted by atomic mass is 9.95. The van der Waals surface area contributed by atoms with Crippen LogP contribution in [0.3, 0.4) is 0 Å². The van der Waals surface area contributed by atoms with Crippen LogP contribution in [0.25, 0.3) is 0 Å². The van der Waals surface area contributed by atoms with Gasteiger partial charge >= 0.3 is 5.97 Å². The monoisotopic (exact) mass is 243 g/mol. The minimum absolute atomic E-state index is 0.507. The molecule has 0 aromatic heterocycles. The van der Waals surface area contributed by atoms with Gasteiger partial charge < -0.3 is 15.6 Å². The van der Waals surface area contributed by atoms with Crippen LogP contribution in [0.15, 0.2) is 0 Å². The van der Waals surface area contributed by atoms with Gasteiger partial charge in [-0.1, -0.05) is 25.7 Å². The lowest BCUT2D eigenvalue weighted by Gasteiger charge is -2.25. The van der Waals surface area contributed by atoms with Gasteiger partial charge in [0.05, 0.1) is 0 Å². The summed E-state index contributed by atoms with van der Waals surface area (Å²) in [5.74, 6) is -0.0508. The second-order valence-electron chi connectivity index (χ2n) is 6.03. The molecule has 0 bridgehead atoms. The maximum Gasteiger partial charge on any atom is 0.337 e. The van der Waals surface area contributed by atoms with Crippen molar-refractivity contribution in [3.63, 3.8) is 0 Å². The van der Waals surface area contributed by atoms with Gasteiger partial charge in [0, 0.05) is 6.04 Å². The van der Waals surface area contributed by atoms with Crippen molar-refractivity contribution in [3.8, 4) is 0 Å². The fourth-order valence-corrected chi connectivity index (χ4v) is 2.30. The molecule has 0 amide bonds. The van der Waals surface area contributed by atoms with Gasteiger partial charge in [-0.2, -0.15) is 0 Å². The van der Waals surface area contributed by atoms with Gasteiger partial charge in [0.25, 0.3) is 0 Å². The fraction of sp³-hybridized carbons (Fsp3) is 0.923. The summed E-state index contributed by atoms with van der Waals surface area (Å²) < 4.78 is 5.12. The van der Waals surface area contributed by atoms with Crippen LogP contribution in [-0.2, 0) is 9.53 Å². The highest BCUT2D eigenvalue weighted by molar-refractivity contribution is 5.75. The lowest BCUT2D eigenvalue weighted by molar-refractivity contribution is -0.166. The van der Waals surface area contributed by atoms with E-state index >= 15 is 0 Å². The number of carbonyl (C=O) groups is 1. The van der Waals surface area contributed by atoms with Crippen molar-refractivity contribution < 1.29 is 14.6 Å². The van der Waals surface area contributed by atoms with Crippen LogP contribution in [0.2, 0.25) is 0 Å². The average Bonchev–Trinajstić information content (AvgIpc) is 2.66. The Morgan fingerprint density at radius 3 is 2.41 bits per heavy atom. The molecule has 0 spiro atoms. The Hall–Kier alpha value is -0.610. The molecule has 1 aliphatic carbocycles. The maximum atomic E-state index is 11.6. The van der Waals surface area contributed by atoms with Crippen LogP contribution in [0.5, 0.6) is 0 Å². The third-order valence-electron chi connectivity index (χ3n) is 3.13. The van der Waals surface area contributed by atoms with Crippen LogP contribution in [-0.4, -0.2) is 28.8 Å². The third kappa shape index (κ3) is 5.04. The quantitative estimate of drug-likeness (QED) is 0.736. The van der Waals surface area contributed by atoms with Gasteiger partial charge in [0.15, 0.2) is 6.10 Å². The number of esters is 1. The minimum atomic E-state index is -1.20. The van der Waals surface area contributed by atoms with E-state index in [0.717, 1.165) is 12.8 Å². The Balaban J connectivity index is 2.39. The summed E-state index contributed by atoms with van der Waals surface area (Å²) in [7, 11) is 0. The summed E-state index contributed by atoms with van der Waals surface area (Å²) in [6, 6.07) is -0.507. The molecular formula is C13H25NO3. The van der Waals surface area contributed by atoms with E-state index in [1.807, 2.05) is 0 Å². The molecule has 1 saturated carbocycles. The molecular weight excluding hydrogens is 218 g/mol. The number of nitrogens with two attached hydrogens (primary N) is 1. The van der Waals surface area contributed by atoms with E-state index in [4.69, 9.17) is 10.5 Å². The number of ether oxygens (including phenoxy) is 1. The first-order chi connectivity index (χ1) is 7.79. The topological polar surface area (TPSA) is 72.5 Å². The molecule has 3 N–H and O–H groups in total. The third-order valence-corrected chi connectivity index (χ3v) is 3.13. The van der Waals surface area contributed by atoms with Crippen molar-refractivity contribution in [1.29, 1.82) is 0 Å². The summed E-state index contributed by atoms with van der Waals surface area (Å²) >= 11 is 0. The molecule has 0 aromatic rings. The largest absolute Gasteiger partial charge is 0.458 e. The van der Waals surface area contributed by atoms with Gasteiger partial charge in [-0.15, -0.1) is 0 Å². The van der Waals surface area contributed by atoms with E-state index in [1.54, 1.807) is 20.8 Å². The van der Waals surface area contributed by atoms with Gasteiger partial charge in [-0.25, -0.2) is 4.79 Å². The zero-order valence-electron chi connectivity index (χ0n) is 11.1. The Bertz CT molecular complexity index is 254. The molecule has 100 valence electrons. The van der Waals surface area contributed by atoms with Crippen molar-refractivity contribution in [1.82, 2.24) is 0 Å². The zero-order valence-corrected chi connectivity index (χ0v) is 11.1. The summed E-state index contributed by atoms with van der Waals surface area (Å²) in [5.41, 5.74) is 5.29. The highest BCUT2D eigenvalue weighted by Crippen LogP contribution is 2.28. The first-order valence-corrected chi connectivity index (χ1v) is 6.46. The van der Waals surface area contributed by atoms with E-state index in [2.05, 4.69) is 0 Å². The van der Waals surface area contributed by atoms with E-state index in [0.29, 0.717) is 12.3 Å². The number of rotatable bonds is 4. The number of hydrogen-bond acceptors (Lipinski definition) is 4. The van der Waals surface area contributed by atoms with E-state index in [-0.39, 0.29) is 0 Å². The maximum absolute atomic E-state index is 11.6. The predicted octanol–water partition coefficient (Wildman–Crippen LogP) is 1.60. The van der Waals surface area contributed by atoms with E-state index in [9.17, 15) is 9.90 Å². The molecule has 1 rings (SSSR count). The van der Waals surface area contributed by atoms with Gasteiger partial charge in [0.1, 0.15) is 5.60 Å². The van der Waals surface area contributed by atoms with E-state index in [1.165, 1.54) is 12.8 Å². The van der Waals surface area contributed by atoms with Gasteiger partial charge in [-0.3, -0.25) is 0 Å². The smallest absolute Gasteiger partial charge is 0.337 e. The molecule has 2 atom stereocenters. The Labute approximate surface area is 104 Å². The SMILES string of the molecule is CC(C)(C)OC(=O)C(O)C(N)CC1CCCC1.